The second-order valence-electron chi connectivity index (χ2n) is 8.11. The topological polar surface area (TPSA) is 127 Å². The van der Waals surface area contributed by atoms with Crippen LogP contribution in [-0.4, -0.2) is 56.4 Å². The smallest absolute Gasteiger partial charge is 0.329 e. The van der Waals surface area contributed by atoms with Gasteiger partial charge in [-0.3, -0.25) is 14.4 Å². The fourth-order valence-corrected chi connectivity index (χ4v) is 4.34. The number of hydrazone groups is 1. The molecule has 0 bridgehead atoms. The van der Waals surface area contributed by atoms with E-state index >= 15 is 0 Å². The molecule has 0 saturated carbocycles. The maximum atomic E-state index is 12.4. The molecule has 12 heteroatoms. The molecule has 1 saturated heterocycles. The molecule has 3 amide bonds. The third-order valence-electron chi connectivity index (χ3n) is 5.24. The van der Waals surface area contributed by atoms with Crippen molar-refractivity contribution in [2.45, 2.75) is 32.8 Å². The van der Waals surface area contributed by atoms with Crippen LogP contribution in [0.3, 0.4) is 0 Å². The van der Waals surface area contributed by atoms with Gasteiger partial charge in [-0.1, -0.05) is 17.7 Å². The van der Waals surface area contributed by atoms with Gasteiger partial charge in [-0.25, -0.2) is 5.43 Å². The summed E-state index contributed by atoms with van der Waals surface area (Å²) < 4.78 is 17.5. The second-order valence-corrected chi connectivity index (χ2v) is 9.68. The summed E-state index contributed by atoms with van der Waals surface area (Å²) in [6, 6.07) is 8.64. The number of ether oxygens (including phenoxy) is 3. The van der Waals surface area contributed by atoms with Gasteiger partial charge in [0.05, 0.1) is 22.5 Å². The molecular formula is C25H28ClIN4O6. The lowest BCUT2D eigenvalue weighted by Gasteiger charge is -2.15. The van der Waals surface area contributed by atoms with Crippen LogP contribution in [0.4, 0.5) is 5.69 Å². The molecule has 1 heterocycles. The standard InChI is InChI=1S/C25H28ClIN4O6/c1-3-35-21-10-16(12-29-31-25(34)24(33)28-13-18-5-4-8-36-18)9-20(27)23(21)37-14-22(32)30-17-7-6-15(2)19(26)11-17/h6-7,9-12,18H,3-5,8,13-14H2,1-2H3,(H,28,33)(H,30,32)(H,31,34)/b29-12-/t18-/m0/s1. The van der Waals surface area contributed by atoms with Crippen LogP contribution in [0.1, 0.15) is 30.9 Å². The molecule has 3 N–H and O–H groups in total. The minimum absolute atomic E-state index is 0.0628. The Morgan fingerprint density at radius 2 is 2.03 bits per heavy atom. The highest BCUT2D eigenvalue weighted by Gasteiger charge is 2.19. The van der Waals surface area contributed by atoms with Gasteiger partial charge in [-0.2, -0.15) is 5.10 Å². The van der Waals surface area contributed by atoms with Gasteiger partial charge in [-0.15, -0.1) is 0 Å². The van der Waals surface area contributed by atoms with Crippen LogP contribution in [0.15, 0.2) is 35.4 Å². The van der Waals surface area contributed by atoms with E-state index in [1.807, 2.05) is 19.9 Å². The highest BCUT2D eigenvalue weighted by molar-refractivity contribution is 14.1. The molecule has 0 aromatic heterocycles. The van der Waals surface area contributed by atoms with E-state index in [-0.39, 0.29) is 25.2 Å². The van der Waals surface area contributed by atoms with Gasteiger partial charge in [-0.05, 0) is 84.7 Å². The van der Waals surface area contributed by atoms with Crippen LogP contribution < -0.4 is 25.5 Å². The number of carbonyl (C=O) groups is 3. The molecule has 0 aliphatic carbocycles. The highest BCUT2D eigenvalue weighted by atomic mass is 127. The Balaban J connectivity index is 1.57. The number of anilines is 1. The first-order valence-corrected chi connectivity index (χ1v) is 13.1. The van der Waals surface area contributed by atoms with Gasteiger partial charge in [0.1, 0.15) is 0 Å². The molecule has 1 aliphatic heterocycles. The van der Waals surface area contributed by atoms with Gasteiger partial charge < -0.3 is 24.8 Å². The number of benzene rings is 2. The number of rotatable bonds is 10. The van der Waals surface area contributed by atoms with E-state index in [2.05, 4.69) is 43.8 Å². The van der Waals surface area contributed by atoms with Crippen molar-refractivity contribution >= 4 is 63.8 Å². The normalized spacial score (nSPS) is 14.9. The van der Waals surface area contributed by atoms with E-state index in [1.54, 1.807) is 24.3 Å². The fourth-order valence-electron chi connectivity index (χ4n) is 3.38. The summed E-state index contributed by atoms with van der Waals surface area (Å²) in [6.07, 6.45) is 3.12. The molecular weight excluding hydrogens is 615 g/mol. The number of aryl methyl sites for hydroxylation is 1. The highest BCUT2D eigenvalue weighted by Crippen LogP contribution is 2.34. The van der Waals surface area contributed by atoms with Crippen molar-refractivity contribution in [3.05, 3.63) is 50.1 Å². The molecule has 1 fully saturated rings. The molecule has 37 heavy (non-hydrogen) atoms. The van der Waals surface area contributed by atoms with Crippen molar-refractivity contribution in [1.82, 2.24) is 10.7 Å². The summed E-state index contributed by atoms with van der Waals surface area (Å²) >= 11 is 8.17. The average molecular weight is 643 g/mol. The molecule has 198 valence electrons. The molecule has 2 aromatic rings. The Bertz CT molecular complexity index is 1170. The molecule has 2 aromatic carbocycles. The Morgan fingerprint density at radius 1 is 1.22 bits per heavy atom. The number of nitrogens with one attached hydrogen (secondary N) is 3. The minimum Gasteiger partial charge on any atom is -0.490 e. The molecule has 0 spiro atoms. The van der Waals surface area contributed by atoms with Crippen LogP contribution in [0.25, 0.3) is 0 Å². The minimum atomic E-state index is -0.880. The molecule has 3 rings (SSSR count). The van der Waals surface area contributed by atoms with E-state index in [0.29, 0.717) is 44.6 Å². The van der Waals surface area contributed by atoms with E-state index in [4.69, 9.17) is 25.8 Å². The zero-order valence-electron chi connectivity index (χ0n) is 20.4. The first-order chi connectivity index (χ1) is 17.8. The number of amides is 3. The first kappa shape index (κ1) is 28.7. The average Bonchev–Trinajstić information content (AvgIpc) is 3.38. The van der Waals surface area contributed by atoms with Gasteiger partial charge >= 0.3 is 11.8 Å². The first-order valence-electron chi connectivity index (χ1n) is 11.6. The largest absolute Gasteiger partial charge is 0.490 e. The summed E-state index contributed by atoms with van der Waals surface area (Å²) in [5, 5.41) is 9.69. The molecule has 1 atom stereocenters. The van der Waals surface area contributed by atoms with Crippen molar-refractivity contribution < 1.29 is 28.6 Å². The molecule has 0 radical (unpaired) electrons. The quantitative estimate of drug-likeness (QED) is 0.158. The van der Waals surface area contributed by atoms with Crippen molar-refractivity contribution in [2.75, 3.05) is 31.7 Å². The Labute approximate surface area is 233 Å². The number of carbonyl (C=O) groups excluding carboxylic acids is 3. The number of hydrogen-bond acceptors (Lipinski definition) is 7. The van der Waals surface area contributed by atoms with Gasteiger partial charge in [0, 0.05) is 23.9 Å². The van der Waals surface area contributed by atoms with E-state index < -0.39 is 11.8 Å². The summed E-state index contributed by atoms with van der Waals surface area (Å²) in [5.41, 5.74) is 4.28. The Kier molecular flexibility index (Phi) is 11.0. The predicted molar refractivity (Wildman–Crippen MR) is 148 cm³/mol. The maximum Gasteiger partial charge on any atom is 0.329 e. The van der Waals surface area contributed by atoms with Gasteiger partial charge in [0.15, 0.2) is 18.1 Å². The monoisotopic (exact) mass is 642 g/mol. The lowest BCUT2D eigenvalue weighted by molar-refractivity contribution is -0.139. The summed E-state index contributed by atoms with van der Waals surface area (Å²) in [7, 11) is 0. The molecule has 0 unspecified atom stereocenters. The van der Waals surface area contributed by atoms with Crippen LogP contribution in [0.2, 0.25) is 5.02 Å². The van der Waals surface area contributed by atoms with Crippen molar-refractivity contribution in [3.8, 4) is 11.5 Å². The van der Waals surface area contributed by atoms with E-state index in [9.17, 15) is 14.4 Å². The zero-order valence-corrected chi connectivity index (χ0v) is 23.4. The summed E-state index contributed by atoms with van der Waals surface area (Å²) in [6.45, 7) is 4.76. The van der Waals surface area contributed by atoms with Crippen molar-refractivity contribution in [1.29, 1.82) is 0 Å². The number of hydrogen-bond donors (Lipinski definition) is 3. The Morgan fingerprint density at radius 3 is 2.73 bits per heavy atom. The maximum absolute atomic E-state index is 12.4. The predicted octanol–water partition coefficient (Wildman–Crippen LogP) is 3.41. The lowest BCUT2D eigenvalue weighted by atomic mass is 10.2. The number of halogens is 2. The second kappa shape index (κ2) is 14.1. The van der Waals surface area contributed by atoms with E-state index in [1.165, 1.54) is 6.21 Å². The lowest BCUT2D eigenvalue weighted by Crippen LogP contribution is -2.41. The van der Waals surface area contributed by atoms with Gasteiger partial charge in [0.2, 0.25) is 0 Å². The summed E-state index contributed by atoms with van der Waals surface area (Å²) in [5.74, 6) is -1.22. The van der Waals surface area contributed by atoms with Gasteiger partial charge in [0.25, 0.3) is 5.91 Å². The van der Waals surface area contributed by atoms with Crippen molar-refractivity contribution in [3.63, 3.8) is 0 Å². The third-order valence-corrected chi connectivity index (χ3v) is 6.44. The molecule has 1 aliphatic rings. The van der Waals surface area contributed by atoms with E-state index in [0.717, 1.165) is 18.4 Å². The van der Waals surface area contributed by atoms with Crippen LogP contribution in [-0.2, 0) is 19.1 Å². The zero-order chi connectivity index (χ0) is 26.8. The number of nitrogens with zero attached hydrogens (tertiary/aromatic N) is 1. The SMILES string of the molecule is CCOc1cc(/C=N\NC(=O)C(=O)NC[C@@H]2CCCO2)cc(I)c1OCC(=O)Nc1ccc(C)c(Cl)c1. The molecule has 10 nitrogen and oxygen atoms in total. The fraction of sp³-hybridized carbons (Fsp3) is 0.360. The van der Waals surface area contributed by atoms with Crippen LogP contribution in [0.5, 0.6) is 11.5 Å². The van der Waals surface area contributed by atoms with Crippen molar-refractivity contribution in [2.24, 2.45) is 5.10 Å². The van der Waals surface area contributed by atoms with Crippen LogP contribution in [0, 0.1) is 10.5 Å². The Hall–Kier alpha value is -2.90. The van der Waals surface area contributed by atoms with Crippen LogP contribution >= 0.6 is 34.2 Å². The third kappa shape index (κ3) is 8.86. The summed E-state index contributed by atoms with van der Waals surface area (Å²) in [4.78, 5) is 36.3.